The van der Waals surface area contributed by atoms with Gasteiger partial charge in [-0.2, -0.15) is 0 Å². The Balaban J connectivity index is 1.58. The highest BCUT2D eigenvalue weighted by Crippen LogP contribution is 2.51. The van der Waals surface area contributed by atoms with Crippen molar-refractivity contribution < 1.29 is 23.5 Å². The number of hydrogen-bond donors (Lipinski definition) is 0. The summed E-state index contributed by atoms with van der Waals surface area (Å²) in [4.78, 5) is 53.5. The van der Waals surface area contributed by atoms with Gasteiger partial charge in [0.2, 0.25) is 11.8 Å². The molecular weight excluding hydrogens is 458 g/mol. The maximum Gasteiger partial charge on any atom is 0.340 e. The minimum absolute atomic E-state index is 0.233. The molecule has 3 atom stereocenters. The maximum absolute atomic E-state index is 13.8. The lowest BCUT2D eigenvalue weighted by molar-refractivity contribution is -0.132. The highest BCUT2D eigenvalue weighted by Gasteiger charge is 2.56. The van der Waals surface area contributed by atoms with Crippen molar-refractivity contribution in [1.82, 2.24) is 0 Å². The molecule has 1 aromatic heterocycles. The first kappa shape index (κ1) is 22.0. The Hall–Kier alpha value is -4.52. The molecule has 1 fully saturated rings. The molecule has 3 unspecified atom stereocenters. The zero-order chi connectivity index (χ0) is 25.0. The van der Waals surface area contributed by atoms with Crippen LogP contribution in [-0.2, 0) is 20.8 Å². The largest absolute Gasteiger partial charge is 0.427 e. The van der Waals surface area contributed by atoms with E-state index in [-0.39, 0.29) is 28.7 Å². The Morgan fingerprint density at radius 2 is 1.61 bits per heavy atom. The predicted molar refractivity (Wildman–Crippen MR) is 132 cm³/mol. The van der Waals surface area contributed by atoms with Crippen LogP contribution in [0.4, 0.5) is 5.69 Å². The van der Waals surface area contributed by atoms with Crippen molar-refractivity contribution in [3.8, 4) is 5.75 Å². The van der Waals surface area contributed by atoms with Crippen LogP contribution in [0.1, 0.15) is 35.4 Å². The van der Waals surface area contributed by atoms with Crippen molar-refractivity contribution >= 4 is 34.4 Å². The van der Waals surface area contributed by atoms with Gasteiger partial charge >= 0.3 is 11.6 Å². The minimum Gasteiger partial charge on any atom is -0.427 e. The highest BCUT2D eigenvalue weighted by molar-refractivity contribution is 6.24. The van der Waals surface area contributed by atoms with Crippen LogP contribution in [0.3, 0.4) is 0 Å². The third-order valence-corrected chi connectivity index (χ3v) is 7.05. The number of anilines is 1. The van der Waals surface area contributed by atoms with E-state index in [9.17, 15) is 19.2 Å². The van der Waals surface area contributed by atoms with Gasteiger partial charge in [-0.25, -0.2) is 9.69 Å². The second-order valence-corrected chi connectivity index (χ2v) is 9.11. The monoisotopic (exact) mass is 479 g/mol. The molecule has 0 N–H and O–H groups in total. The van der Waals surface area contributed by atoms with E-state index in [0.717, 1.165) is 5.56 Å². The Morgan fingerprint density at radius 1 is 0.917 bits per heavy atom. The molecular formula is C29H21NO6. The molecule has 0 saturated carbocycles. The van der Waals surface area contributed by atoms with Crippen LogP contribution in [0.15, 0.2) is 88.1 Å². The van der Waals surface area contributed by atoms with Crippen LogP contribution in [0.5, 0.6) is 5.75 Å². The fourth-order valence-electron chi connectivity index (χ4n) is 5.63. The topological polar surface area (TPSA) is 93.9 Å². The zero-order valence-corrected chi connectivity index (χ0v) is 19.3. The lowest BCUT2D eigenvalue weighted by Gasteiger charge is -2.32. The third kappa shape index (κ3) is 3.35. The second-order valence-electron chi connectivity index (χ2n) is 9.11. The van der Waals surface area contributed by atoms with Gasteiger partial charge in [0.15, 0.2) is 0 Å². The van der Waals surface area contributed by atoms with Gasteiger partial charge in [-0.1, -0.05) is 48.5 Å². The van der Waals surface area contributed by atoms with Crippen LogP contribution in [0.2, 0.25) is 0 Å². The molecule has 7 nitrogen and oxygen atoms in total. The first-order valence-electron chi connectivity index (χ1n) is 11.7. The number of hydrogen-bond acceptors (Lipinski definition) is 6. The van der Waals surface area contributed by atoms with Crippen molar-refractivity contribution in [1.29, 1.82) is 0 Å². The van der Waals surface area contributed by atoms with Gasteiger partial charge in [-0.15, -0.1) is 0 Å². The Kier molecular flexibility index (Phi) is 5.07. The summed E-state index contributed by atoms with van der Waals surface area (Å²) in [7, 11) is 0. The number of esters is 1. The Labute approximate surface area is 205 Å². The molecule has 1 saturated heterocycles. The van der Waals surface area contributed by atoms with Crippen molar-refractivity contribution in [2.24, 2.45) is 5.92 Å². The molecule has 3 aromatic carbocycles. The summed E-state index contributed by atoms with van der Waals surface area (Å²) < 4.78 is 10.8. The highest BCUT2D eigenvalue weighted by atomic mass is 16.5. The molecule has 1 aliphatic carbocycles. The van der Waals surface area contributed by atoms with E-state index < -0.39 is 29.3 Å². The molecule has 36 heavy (non-hydrogen) atoms. The number of carbonyl (C=O) groups excluding carboxylic acids is 3. The molecule has 4 aromatic rings. The molecule has 2 amide bonds. The predicted octanol–water partition coefficient (Wildman–Crippen LogP) is 4.33. The van der Waals surface area contributed by atoms with Crippen molar-refractivity contribution in [3.63, 3.8) is 0 Å². The van der Waals surface area contributed by atoms with Crippen LogP contribution < -0.4 is 15.3 Å². The van der Waals surface area contributed by atoms with Crippen molar-refractivity contribution in [2.75, 3.05) is 4.90 Å². The molecule has 2 aliphatic rings. The number of amides is 2. The van der Waals surface area contributed by atoms with Gasteiger partial charge in [0.05, 0.1) is 23.1 Å². The van der Waals surface area contributed by atoms with Gasteiger partial charge in [0, 0.05) is 24.3 Å². The first-order valence-corrected chi connectivity index (χ1v) is 11.7. The summed E-state index contributed by atoms with van der Waals surface area (Å²) in [5, 5.41) is 0.651. The quantitative estimate of drug-likeness (QED) is 0.188. The van der Waals surface area contributed by atoms with Crippen LogP contribution in [-0.4, -0.2) is 17.8 Å². The van der Waals surface area contributed by atoms with Crippen molar-refractivity contribution in [2.45, 2.75) is 25.2 Å². The van der Waals surface area contributed by atoms with Crippen LogP contribution in [0.25, 0.3) is 11.0 Å². The fraction of sp³-hybridized carbons (Fsp3) is 0.172. The van der Waals surface area contributed by atoms with Gasteiger partial charge in [-0.3, -0.25) is 14.4 Å². The molecule has 7 heteroatoms. The maximum atomic E-state index is 13.8. The normalized spacial score (nSPS) is 20.8. The summed E-state index contributed by atoms with van der Waals surface area (Å²) in [5.41, 5.74) is 1.92. The Bertz CT molecular complexity index is 1590. The Morgan fingerprint density at radius 3 is 2.31 bits per heavy atom. The number of imide groups is 1. The number of ether oxygens (including phenoxy) is 1. The molecule has 1 aliphatic heterocycles. The lowest BCUT2D eigenvalue weighted by Crippen LogP contribution is -2.34. The van der Waals surface area contributed by atoms with E-state index in [1.807, 2.05) is 36.4 Å². The van der Waals surface area contributed by atoms with Gasteiger partial charge < -0.3 is 9.15 Å². The van der Waals surface area contributed by atoms with Crippen LogP contribution >= 0.6 is 0 Å². The summed E-state index contributed by atoms with van der Waals surface area (Å²) in [5.74, 6) is -2.98. The average molecular weight is 479 g/mol. The fourth-order valence-corrected chi connectivity index (χ4v) is 5.63. The van der Waals surface area contributed by atoms with E-state index in [0.29, 0.717) is 23.1 Å². The van der Waals surface area contributed by atoms with E-state index in [1.165, 1.54) is 17.9 Å². The number of nitrogens with zero attached hydrogens (tertiary/aromatic N) is 1. The smallest absolute Gasteiger partial charge is 0.340 e. The van der Waals surface area contributed by atoms with Gasteiger partial charge in [0.25, 0.3) is 0 Å². The number of benzene rings is 3. The SMILES string of the molecule is CC(=O)Oc1ccc2c3c(c(=O)oc2c1)C1C(=O)N(c2ccccc2)C(=O)C1C(c1ccccc1)C3. The third-order valence-electron chi connectivity index (χ3n) is 7.05. The molecule has 178 valence electrons. The van der Waals surface area contributed by atoms with E-state index in [1.54, 1.807) is 36.4 Å². The average Bonchev–Trinajstić information content (AvgIpc) is 3.14. The van der Waals surface area contributed by atoms with Crippen molar-refractivity contribution in [3.05, 3.63) is 106 Å². The minimum atomic E-state index is -0.958. The number of para-hydroxylation sites is 1. The van der Waals surface area contributed by atoms with Gasteiger partial charge in [0.1, 0.15) is 11.3 Å². The summed E-state index contributed by atoms with van der Waals surface area (Å²) in [6.45, 7) is 1.29. The summed E-state index contributed by atoms with van der Waals surface area (Å²) in [6.07, 6.45) is 0.386. The zero-order valence-electron chi connectivity index (χ0n) is 19.3. The first-order chi connectivity index (χ1) is 17.4. The van der Waals surface area contributed by atoms with E-state index >= 15 is 0 Å². The van der Waals surface area contributed by atoms with E-state index in [4.69, 9.17) is 9.15 Å². The summed E-state index contributed by atoms with van der Waals surface area (Å²) in [6, 6.07) is 23.2. The molecule has 2 heterocycles. The second kappa shape index (κ2) is 8.30. The molecule has 0 bridgehead atoms. The molecule has 0 radical (unpaired) electrons. The van der Waals surface area contributed by atoms with Crippen LogP contribution in [0, 0.1) is 5.92 Å². The summed E-state index contributed by atoms with van der Waals surface area (Å²) >= 11 is 0. The number of carbonyl (C=O) groups is 3. The number of rotatable bonds is 3. The molecule has 6 rings (SSSR count). The standard InChI is InChI=1S/C29H21NO6/c1-16(31)35-19-12-13-20-22-15-21(17-8-4-2-5-9-17)24-26(25(22)29(34)36-23(20)14-19)28(33)30(27(24)32)18-10-6-3-7-11-18/h2-14,21,24,26H,15H2,1H3. The van der Waals surface area contributed by atoms with E-state index in [2.05, 4.69) is 0 Å². The number of fused-ring (bicyclic) bond motifs is 5. The van der Waals surface area contributed by atoms with Gasteiger partial charge in [-0.05, 0) is 41.8 Å². The molecule has 0 spiro atoms. The lowest BCUT2D eigenvalue weighted by atomic mass is 9.67.